The smallest absolute Gasteiger partial charge is 0.253 e. The minimum Gasteiger partial charge on any atom is -0.369 e. The van der Waals surface area contributed by atoms with Gasteiger partial charge in [-0.2, -0.15) is 0 Å². The van der Waals surface area contributed by atoms with Crippen LogP contribution < -0.4 is 16.2 Å². The third-order valence-electron chi connectivity index (χ3n) is 7.14. The number of carbonyl (C=O) groups excluding carboxylic acids is 1. The van der Waals surface area contributed by atoms with E-state index in [-0.39, 0.29) is 29.7 Å². The second kappa shape index (κ2) is 8.54. The summed E-state index contributed by atoms with van der Waals surface area (Å²) in [5, 5.41) is 0.565. The number of primary amides is 1. The van der Waals surface area contributed by atoms with Crippen LogP contribution in [0.15, 0.2) is 17.2 Å². The molecule has 34 heavy (non-hydrogen) atoms. The number of pyridine rings is 2. The molecular formula is C25H31FN6O2. The van der Waals surface area contributed by atoms with Gasteiger partial charge in [0.05, 0.1) is 24.0 Å². The van der Waals surface area contributed by atoms with E-state index in [2.05, 4.69) is 23.8 Å². The van der Waals surface area contributed by atoms with Gasteiger partial charge in [-0.15, -0.1) is 0 Å². The van der Waals surface area contributed by atoms with Gasteiger partial charge in [-0.1, -0.05) is 13.8 Å². The van der Waals surface area contributed by atoms with E-state index < -0.39 is 0 Å². The Labute approximate surface area is 197 Å². The quantitative estimate of drug-likeness (QED) is 0.601. The highest BCUT2D eigenvalue weighted by Gasteiger charge is 2.28. The highest BCUT2D eigenvalue weighted by molar-refractivity contribution is 5.93. The van der Waals surface area contributed by atoms with E-state index in [1.54, 1.807) is 17.8 Å². The molecule has 1 amide bonds. The van der Waals surface area contributed by atoms with Crippen molar-refractivity contribution in [3.63, 3.8) is 0 Å². The van der Waals surface area contributed by atoms with E-state index >= 15 is 4.39 Å². The third-order valence-corrected chi connectivity index (χ3v) is 7.14. The molecular weight excluding hydrogens is 435 g/mol. The van der Waals surface area contributed by atoms with Gasteiger partial charge >= 0.3 is 0 Å². The Balaban J connectivity index is 1.60. The van der Waals surface area contributed by atoms with Crippen LogP contribution in [0.5, 0.6) is 0 Å². The number of rotatable bonds is 5. The summed E-state index contributed by atoms with van der Waals surface area (Å²) in [5.74, 6) is -0.279. The predicted molar refractivity (Wildman–Crippen MR) is 131 cm³/mol. The van der Waals surface area contributed by atoms with Gasteiger partial charge in [0.15, 0.2) is 11.6 Å². The number of aromatic amines is 1. The van der Waals surface area contributed by atoms with E-state index in [0.29, 0.717) is 42.9 Å². The number of aryl methyl sites for hydroxylation is 1. The van der Waals surface area contributed by atoms with E-state index in [9.17, 15) is 9.59 Å². The molecule has 0 aromatic carbocycles. The van der Waals surface area contributed by atoms with Gasteiger partial charge in [0.2, 0.25) is 5.91 Å². The van der Waals surface area contributed by atoms with Crippen LogP contribution >= 0.6 is 0 Å². The molecule has 4 heterocycles. The van der Waals surface area contributed by atoms with E-state index in [4.69, 9.17) is 5.73 Å². The highest BCUT2D eigenvalue weighted by Crippen LogP contribution is 2.41. The first-order valence-electron chi connectivity index (χ1n) is 11.9. The summed E-state index contributed by atoms with van der Waals surface area (Å²) < 4.78 is 17.7. The molecule has 0 atom stereocenters. The van der Waals surface area contributed by atoms with E-state index in [0.717, 1.165) is 47.2 Å². The molecule has 5 rings (SSSR count). The zero-order valence-corrected chi connectivity index (χ0v) is 19.9. The molecule has 0 bridgehead atoms. The van der Waals surface area contributed by atoms with Gasteiger partial charge in [-0.25, -0.2) is 9.37 Å². The van der Waals surface area contributed by atoms with Crippen LogP contribution in [0.4, 0.5) is 10.2 Å². The third kappa shape index (κ3) is 3.68. The number of halogens is 1. The Bertz CT molecular complexity index is 1330. The normalized spacial score (nSPS) is 16.6. The monoisotopic (exact) mass is 466 g/mol. The first-order valence-corrected chi connectivity index (χ1v) is 11.9. The lowest BCUT2D eigenvalue weighted by Crippen LogP contribution is -2.49. The Kier molecular flexibility index (Phi) is 5.67. The molecule has 3 N–H and O–H groups in total. The number of carbonyl (C=O) groups is 1. The summed E-state index contributed by atoms with van der Waals surface area (Å²) in [6.07, 6.45) is 6.19. The van der Waals surface area contributed by atoms with Crippen molar-refractivity contribution >= 4 is 22.6 Å². The molecule has 2 aliphatic rings. The molecule has 180 valence electrons. The van der Waals surface area contributed by atoms with Crippen molar-refractivity contribution < 1.29 is 9.18 Å². The zero-order chi connectivity index (χ0) is 24.1. The van der Waals surface area contributed by atoms with Crippen LogP contribution in [0.25, 0.3) is 22.2 Å². The first-order chi connectivity index (χ1) is 16.3. The van der Waals surface area contributed by atoms with Crippen LogP contribution in [-0.4, -0.2) is 58.1 Å². The maximum atomic E-state index is 16.1. The predicted octanol–water partition coefficient (Wildman–Crippen LogP) is 2.29. The van der Waals surface area contributed by atoms with Gasteiger partial charge in [0, 0.05) is 55.9 Å². The topological polar surface area (TPSA) is 100 Å². The summed E-state index contributed by atoms with van der Waals surface area (Å²) in [7, 11) is 1.78. The van der Waals surface area contributed by atoms with Crippen molar-refractivity contribution in [3.8, 4) is 11.3 Å². The zero-order valence-electron chi connectivity index (χ0n) is 19.9. The van der Waals surface area contributed by atoms with Crippen LogP contribution in [-0.2, 0) is 24.7 Å². The number of hydrogen-bond acceptors (Lipinski definition) is 5. The summed E-state index contributed by atoms with van der Waals surface area (Å²) in [5.41, 5.74) is 10.8. The Morgan fingerprint density at radius 1 is 1.21 bits per heavy atom. The Morgan fingerprint density at radius 2 is 1.91 bits per heavy atom. The Hall–Kier alpha value is -3.20. The molecule has 8 nitrogen and oxygen atoms in total. The fraction of sp³-hybridized carbons (Fsp3) is 0.480. The standard InChI is InChI=1S/C25H31FN6O2/c1-14(2)20-21-18(29-23(20)17-12-30(3)25(34)16-6-4-5-15(16)17)11-28-24(22(21)26)32-9-7-31(8-10-32)13-19(27)33/h11-12,14,29H,4-10,13H2,1-3H3,(H2,27,33). The number of amides is 1. The fourth-order valence-electron chi connectivity index (χ4n) is 5.55. The number of anilines is 1. The summed E-state index contributed by atoms with van der Waals surface area (Å²) >= 11 is 0. The molecule has 9 heteroatoms. The van der Waals surface area contributed by atoms with Gasteiger partial charge < -0.3 is 20.2 Å². The molecule has 1 fully saturated rings. The highest BCUT2D eigenvalue weighted by atomic mass is 19.1. The van der Waals surface area contributed by atoms with Gasteiger partial charge in [0.1, 0.15) is 0 Å². The van der Waals surface area contributed by atoms with Crippen molar-refractivity contribution in [2.45, 2.75) is 39.0 Å². The van der Waals surface area contributed by atoms with Crippen molar-refractivity contribution in [3.05, 3.63) is 45.3 Å². The number of piperazine rings is 1. The number of H-pyrrole nitrogens is 1. The summed E-state index contributed by atoms with van der Waals surface area (Å²) in [4.78, 5) is 35.7. The van der Waals surface area contributed by atoms with Gasteiger partial charge in [-0.3, -0.25) is 14.5 Å². The van der Waals surface area contributed by atoms with E-state index in [1.807, 2.05) is 16.0 Å². The maximum Gasteiger partial charge on any atom is 0.253 e. The minimum atomic E-state index is -0.356. The second-order valence-electron chi connectivity index (χ2n) is 9.75. The van der Waals surface area contributed by atoms with Crippen molar-refractivity contribution in [2.75, 3.05) is 37.6 Å². The number of nitrogens with zero attached hydrogens (tertiary/aromatic N) is 4. The van der Waals surface area contributed by atoms with Crippen LogP contribution in [0, 0.1) is 5.82 Å². The van der Waals surface area contributed by atoms with Crippen LogP contribution in [0.3, 0.4) is 0 Å². The average Bonchev–Trinajstić information content (AvgIpc) is 3.43. The summed E-state index contributed by atoms with van der Waals surface area (Å²) in [6.45, 7) is 6.75. The molecule has 1 aliphatic heterocycles. The molecule has 1 aliphatic carbocycles. The number of nitrogens with two attached hydrogens (primary N) is 1. The number of fused-ring (bicyclic) bond motifs is 2. The van der Waals surface area contributed by atoms with Crippen molar-refractivity contribution in [1.82, 2.24) is 19.4 Å². The average molecular weight is 467 g/mol. The van der Waals surface area contributed by atoms with Gasteiger partial charge in [-0.05, 0) is 36.3 Å². The number of aromatic nitrogens is 3. The largest absolute Gasteiger partial charge is 0.369 e. The lowest BCUT2D eigenvalue weighted by molar-refractivity contribution is -0.119. The minimum absolute atomic E-state index is 0.0593. The first kappa shape index (κ1) is 22.6. The lowest BCUT2D eigenvalue weighted by atomic mass is 9.94. The van der Waals surface area contributed by atoms with Crippen LogP contribution in [0.1, 0.15) is 42.9 Å². The molecule has 3 aromatic rings. The van der Waals surface area contributed by atoms with E-state index in [1.165, 1.54) is 0 Å². The number of hydrogen-bond donors (Lipinski definition) is 2. The molecule has 0 radical (unpaired) electrons. The molecule has 0 saturated carbocycles. The maximum absolute atomic E-state index is 16.1. The lowest BCUT2D eigenvalue weighted by Gasteiger charge is -2.34. The molecule has 1 saturated heterocycles. The second-order valence-corrected chi connectivity index (χ2v) is 9.75. The Morgan fingerprint density at radius 3 is 2.59 bits per heavy atom. The SMILES string of the molecule is CC(C)c1c(-c2cn(C)c(=O)c3c2CCC3)[nH]c2cnc(N3CCN(CC(N)=O)CC3)c(F)c12. The molecule has 0 spiro atoms. The molecule has 0 unspecified atom stereocenters. The fourth-order valence-corrected chi connectivity index (χ4v) is 5.55. The van der Waals surface area contributed by atoms with Crippen LogP contribution in [0.2, 0.25) is 0 Å². The van der Waals surface area contributed by atoms with Crippen molar-refractivity contribution in [2.24, 2.45) is 12.8 Å². The number of nitrogens with one attached hydrogen (secondary N) is 1. The summed E-state index contributed by atoms with van der Waals surface area (Å²) in [6, 6.07) is 0. The van der Waals surface area contributed by atoms with Crippen molar-refractivity contribution in [1.29, 1.82) is 0 Å². The van der Waals surface area contributed by atoms with Gasteiger partial charge in [0.25, 0.3) is 5.56 Å². The molecule has 3 aromatic heterocycles.